The minimum absolute atomic E-state index is 0.533. The fraction of sp³-hybridized carbons (Fsp3) is 0.944. The van der Waals surface area contributed by atoms with Crippen LogP contribution in [0.4, 0.5) is 0 Å². The maximum Gasteiger partial charge on any atom is 0.132 e. The molecule has 3 saturated carbocycles. The van der Waals surface area contributed by atoms with Gasteiger partial charge in [0.15, 0.2) is 0 Å². The van der Waals surface area contributed by atoms with Crippen molar-refractivity contribution in [3.05, 3.63) is 0 Å². The number of hydrogen-bond acceptors (Lipinski definition) is 1. The van der Waals surface area contributed by atoms with Crippen molar-refractivity contribution in [3.63, 3.8) is 0 Å². The van der Waals surface area contributed by atoms with Gasteiger partial charge in [0, 0.05) is 12.8 Å². The van der Waals surface area contributed by atoms with Crippen molar-refractivity contribution in [1.82, 2.24) is 0 Å². The van der Waals surface area contributed by atoms with Gasteiger partial charge in [-0.05, 0) is 55.8 Å². The Balaban J connectivity index is 1.76. The summed E-state index contributed by atoms with van der Waals surface area (Å²) in [5.41, 5.74) is 0.652. The Morgan fingerprint density at radius 1 is 0.684 bits per heavy atom. The van der Waals surface area contributed by atoms with E-state index < -0.39 is 0 Å². The van der Waals surface area contributed by atoms with Gasteiger partial charge in [-0.1, -0.05) is 38.5 Å². The van der Waals surface area contributed by atoms with Crippen LogP contribution in [0.1, 0.15) is 89.9 Å². The molecule has 0 aromatic carbocycles. The number of hydrogen-bond donors (Lipinski definition) is 0. The normalized spacial score (nSPS) is 30.4. The Labute approximate surface area is 118 Å². The van der Waals surface area contributed by atoms with Crippen LogP contribution in [0.25, 0.3) is 0 Å². The third kappa shape index (κ3) is 2.76. The fourth-order valence-electron chi connectivity index (χ4n) is 5.55. The van der Waals surface area contributed by atoms with Crippen molar-refractivity contribution in [3.8, 4) is 0 Å². The summed E-state index contributed by atoms with van der Waals surface area (Å²) in [6.07, 6.45) is 18.9. The van der Waals surface area contributed by atoms with Crippen LogP contribution in [-0.2, 0) is 4.79 Å². The first kappa shape index (κ1) is 13.6. The van der Waals surface area contributed by atoms with Crippen LogP contribution in [0, 0.1) is 17.3 Å². The molecule has 108 valence electrons. The van der Waals surface area contributed by atoms with E-state index in [-0.39, 0.29) is 0 Å². The highest BCUT2D eigenvalue weighted by molar-refractivity contribution is 5.79. The highest BCUT2D eigenvalue weighted by atomic mass is 16.1. The van der Waals surface area contributed by atoms with Crippen molar-refractivity contribution in [1.29, 1.82) is 0 Å². The second-order valence-electron chi connectivity index (χ2n) is 7.44. The molecule has 0 bridgehead atoms. The number of ketones is 1. The molecule has 0 heterocycles. The molecule has 0 amide bonds. The fourth-order valence-corrected chi connectivity index (χ4v) is 5.55. The quantitative estimate of drug-likeness (QED) is 0.662. The van der Waals surface area contributed by atoms with E-state index in [1.807, 2.05) is 0 Å². The van der Waals surface area contributed by atoms with Gasteiger partial charge < -0.3 is 0 Å². The molecule has 19 heavy (non-hydrogen) atoms. The molecule has 0 unspecified atom stereocenters. The highest BCUT2D eigenvalue weighted by Crippen LogP contribution is 2.56. The summed E-state index contributed by atoms with van der Waals surface area (Å²) in [4.78, 5) is 11.6. The zero-order chi connectivity index (χ0) is 13.1. The third-order valence-electron chi connectivity index (χ3n) is 6.56. The molecule has 0 atom stereocenters. The van der Waals surface area contributed by atoms with Crippen LogP contribution in [-0.4, -0.2) is 5.78 Å². The Morgan fingerprint density at radius 3 is 1.84 bits per heavy atom. The number of carbonyl (C=O) groups excluding carboxylic acids is 1. The van der Waals surface area contributed by atoms with Crippen molar-refractivity contribution >= 4 is 5.78 Å². The first-order valence-electron chi connectivity index (χ1n) is 8.83. The number of Topliss-reactive ketones (excluding diaryl/α,β-unsaturated/α-hetero) is 1. The van der Waals surface area contributed by atoms with E-state index >= 15 is 0 Å². The van der Waals surface area contributed by atoms with Gasteiger partial charge in [-0.3, -0.25) is 4.79 Å². The number of carbonyl (C=O) groups is 1. The maximum atomic E-state index is 11.6. The van der Waals surface area contributed by atoms with Crippen LogP contribution in [0.15, 0.2) is 0 Å². The van der Waals surface area contributed by atoms with E-state index in [1.165, 1.54) is 77.0 Å². The zero-order valence-corrected chi connectivity index (χ0v) is 12.5. The molecule has 3 rings (SSSR count). The molecule has 0 spiro atoms. The highest BCUT2D eigenvalue weighted by Gasteiger charge is 2.46. The molecular weight excluding hydrogens is 232 g/mol. The molecule has 0 saturated heterocycles. The molecule has 0 radical (unpaired) electrons. The minimum Gasteiger partial charge on any atom is -0.300 e. The third-order valence-corrected chi connectivity index (χ3v) is 6.56. The lowest BCUT2D eigenvalue weighted by Crippen LogP contribution is -2.42. The summed E-state index contributed by atoms with van der Waals surface area (Å²) in [5, 5.41) is 0. The van der Waals surface area contributed by atoms with Crippen LogP contribution in [0.2, 0.25) is 0 Å². The summed E-state index contributed by atoms with van der Waals surface area (Å²) in [5.74, 6) is 2.42. The summed E-state index contributed by atoms with van der Waals surface area (Å²) >= 11 is 0. The van der Waals surface area contributed by atoms with Crippen LogP contribution >= 0.6 is 0 Å². The first-order chi connectivity index (χ1) is 9.31. The number of rotatable bonds is 2. The van der Waals surface area contributed by atoms with Crippen molar-refractivity contribution in [2.75, 3.05) is 0 Å². The van der Waals surface area contributed by atoms with E-state index in [0.717, 1.165) is 24.7 Å². The van der Waals surface area contributed by atoms with Crippen LogP contribution in [0.5, 0.6) is 0 Å². The summed E-state index contributed by atoms with van der Waals surface area (Å²) in [6.45, 7) is 0. The van der Waals surface area contributed by atoms with E-state index in [0.29, 0.717) is 11.2 Å². The molecule has 0 aromatic rings. The monoisotopic (exact) mass is 262 g/mol. The van der Waals surface area contributed by atoms with Gasteiger partial charge in [-0.25, -0.2) is 0 Å². The predicted molar refractivity (Wildman–Crippen MR) is 79.1 cm³/mol. The molecule has 3 fully saturated rings. The van der Waals surface area contributed by atoms with Crippen LogP contribution in [0.3, 0.4) is 0 Å². The van der Waals surface area contributed by atoms with Crippen molar-refractivity contribution < 1.29 is 4.79 Å². The van der Waals surface area contributed by atoms with E-state index in [9.17, 15) is 4.79 Å². The zero-order valence-electron chi connectivity index (χ0n) is 12.5. The van der Waals surface area contributed by atoms with Gasteiger partial charge in [0.05, 0.1) is 0 Å². The SMILES string of the molecule is O=C1CCC(C2(C3CCCCC3)CCCCC2)CC1. The molecule has 1 nitrogen and oxygen atoms in total. The average Bonchev–Trinajstić information content (AvgIpc) is 2.49. The summed E-state index contributed by atoms with van der Waals surface area (Å²) in [6, 6.07) is 0. The van der Waals surface area contributed by atoms with E-state index in [4.69, 9.17) is 0 Å². The molecule has 0 N–H and O–H groups in total. The van der Waals surface area contributed by atoms with Crippen molar-refractivity contribution in [2.45, 2.75) is 89.9 Å². The largest absolute Gasteiger partial charge is 0.300 e. The van der Waals surface area contributed by atoms with Crippen LogP contribution < -0.4 is 0 Å². The molecular formula is C18H30O. The Kier molecular flexibility index (Phi) is 4.29. The smallest absolute Gasteiger partial charge is 0.132 e. The molecule has 0 aliphatic heterocycles. The van der Waals surface area contributed by atoms with Gasteiger partial charge in [0.25, 0.3) is 0 Å². The van der Waals surface area contributed by atoms with Gasteiger partial charge in [-0.15, -0.1) is 0 Å². The topological polar surface area (TPSA) is 17.1 Å². The minimum atomic E-state index is 0.533. The maximum absolute atomic E-state index is 11.6. The molecule has 3 aliphatic rings. The summed E-state index contributed by atoms with van der Waals surface area (Å²) < 4.78 is 0. The van der Waals surface area contributed by atoms with Crippen molar-refractivity contribution in [2.24, 2.45) is 17.3 Å². The second kappa shape index (κ2) is 5.97. The Hall–Kier alpha value is -0.330. The molecule has 3 aliphatic carbocycles. The molecule has 1 heteroatoms. The lowest BCUT2D eigenvalue weighted by molar-refractivity contribution is -0.123. The summed E-state index contributed by atoms with van der Waals surface area (Å²) in [7, 11) is 0. The molecule has 0 aromatic heterocycles. The van der Waals surface area contributed by atoms with Gasteiger partial charge in [0.1, 0.15) is 5.78 Å². The lowest BCUT2D eigenvalue weighted by Gasteiger charge is -2.51. The van der Waals surface area contributed by atoms with Gasteiger partial charge in [0.2, 0.25) is 0 Å². The Morgan fingerprint density at radius 2 is 1.21 bits per heavy atom. The first-order valence-corrected chi connectivity index (χ1v) is 8.83. The lowest BCUT2D eigenvalue weighted by atomic mass is 9.53. The average molecular weight is 262 g/mol. The standard InChI is InChI=1S/C18H30O/c19-17-11-9-16(10-12-17)18(13-5-2-6-14-18)15-7-3-1-4-8-15/h15-16H,1-14H2. The van der Waals surface area contributed by atoms with E-state index in [2.05, 4.69) is 0 Å². The second-order valence-corrected chi connectivity index (χ2v) is 7.44. The van der Waals surface area contributed by atoms with Gasteiger partial charge in [-0.2, -0.15) is 0 Å². The predicted octanol–water partition coefficient (Wildman–Crippen LogP) is 5.28. The Bertz CT molecular complexity index is 298. The van der Waals surface area contributed by atoms with Gasteiger partial charge >= 0.3 is 0 Å². The van der Waals surface area contributed by atoms with E-state index in [1.54, 1.807) is 0 Å².